The number of benzene rings is 2. The summed E-state index contributed by atoms with van der Waals surface area (Å²) in [5.41, 5.74) is 1.83. The van der Waals surface area contributed by atoms with E-state index in [-0.39, 0.29) is 36.2 Å². The number of carbonyl (C=O) groups is 1. The van der Waals surface area contributed by atoms with Gasteiger partial charge in [-0.1, -0.05) is 36.4 Å². The molecular weight excluding hydrogens is 318 g/mol. The molecule has 1 saturated carbocycles. The lowest BCUT2D eigenvalue weighted by Gasteiger charge is -2.29. The van der Waals surface area contributed by atoms with Gasteiger partial charge >= 0.3 is 6.09 Å². The first kappa shape index (κ1) is 17.1. The van der Waals surface area contributed by atoms with Crippen molar-refractivity contribution in [2.24, 2.45) is 0 Å². The first-order chi connectivity index (χ1) is 12.1. The molecule has 0 atom stereocenters. The Labute approximate surface area is 147 Å². The summed E-state index contributed by atoms with van der Waals surface area (Å²) in [4.78, 5) is 11.9. The van der Waals surface area contributed by atoms with Crippen molar-refractivity contribution in [3.05, 3.63) is 59.7 Å². The minimum absolute atomic E-state index is 0.0674. The number of ether oxygens (including phenoxy) is 1. The van der Waals surface area contributed by atoms with E-state index in [4.69, 9.17) is 4.74 Å². The summed E-state index contributed by atoms with van der Waals surface area (Å²) >= 11 is 0. The molecular formula is C20H23NO4. The van der Waals surface area contributed by atoms with Gasteiger partial charge in [-0.05, 0) is 48.8 Å². The third-order valence-corrected chi connectivity index (χ3v) is 4.72. The maximum atomic E-state index is 11.9. The molecule has 0 aliphatic heterocycles. The highest BCUT2D eigenvalue weighted by Crippen LogP contribution is 2.38. The maximum Gasteiger partial charge on any atom is 0.407 e. The Kier molecular flexibility index (Phi) is 5.43. The van der Waals surface area contributed by atoms with E-state index < -0.39 is 0 Å². The third-order valence-electron chi connectivity index (χ3n) is 4.72. The van der Waals surface area contributed by atoms with Crippen molar-refractivity contribution in [1.82, 2.24) is 5.32 Å². The molecule has 5 heteroatoms. The molecule has 0 radical (unpaired) electrons. The van der Waals surface area contributed by atoms with Crippen LogP contribution in [-0.4, -0.2) is 22.3 Å². The van der Waals surface area contributed by atoms with Crippen LogP contribution in [0.25, 0.3) is 0 Å². The van der Waals surface area contributed by atoms with E-state index in [1.807, 2.05) is 30.3 Å². The van der Waals surface area contributed by atoms with Gasteiger partial charge in [0.25, 0.3) is 0 Å². The zero-order chi connectivity index (χ0) is 17.6. The molecule has 132 valence electrons. The Morgan fingerprint density at radius 1 is 1.04 bits per heavy atom. The Balaban J connectivity index is 1.45. The summed E-state index contributed by atoms with van der Waals surface area (Å²) in [5, 5.41) is 22.3. The summed E-state index contributed by atoms with van der Waals surface area (Å²) in [5.74, 6) is 0.454. The van der Waals surface area contributed by atoms with E-state index in [1.54, 1.807) is 12.1 Å². The van der Waals surface area contributed by atoms with Crippen molar-refractivity contribution >= 4 is 6.09 Å². The normalized spacial score (nSPS) is 20.0. The van der Waals surface area contributed by atoms with E-state index in [9.17, 15) is 15.0 Å². The number of carbonyl (C=O) groups excluding carboxylic acids is 1. The van der Waals surface area contributed by atoms with Gasteiger partial charge in [0.05, 0.1) is 0 Å². The van der Waals surface area contributed by atoms with E-state index in [0.29, 0.717) is 0 Å². The van der Waals surface area contributed by atoms with Crippen molar-refractivity contribution in [3.8, 4) is 11.5 Å². The fraction of sp³-hybridized carbons (Fsp3) is 0.350. The Morgan fingerprint density at radius 3 is 2.44 bits per heavy atom. The molecule has 3 N–H and O–H groups in total. The van der Waals surface area contributed by atoms with Gasteiger partial charge in [0.2, 0.25) is 0 Å². The predicted octanol–water partition coefficient (Wildman–Crippen LogP) is 4.05. The van der Waals surface area contributed by atoms with E-state index >= 15 is 0 Å². The molecule has 0 unspecified atom stereocenters. The minimum Gasteiger partial charge on any atom is -0.508 e. The second-order valence-corrected chi connectivity index (χ2v) is 6.50. The van der Waals surface area contributed by atoms with Gasteiger partial charge in [-0.3, -0.25) is 0 Å². The van der Waals surface area contributed by atoms with E-state index in [0.717, 1.165) is 36.8 Å². The van der Waals surface area contributed by atoms with Gasteiger partial charge in [0.15, 0.2) is 0 Å². The molecule has 2 aromatic carbocycles. The minimum atomic E-state index is -0.389. The second-order valence-electron chi connectivity index (χ2n) is 6.50. The van der Waals surface area contributed by atoms with Crippen molar-refractivity contribution in [2.75, 3.05) is 0 Å². The van der Waals surface area contributed by atoms with E-state index in [2.05, 4.69) is 5.32 Å². The average molecular weight is 341 g/mol. The van der Waals surface area contributed by atoms with Gasteiger partial charge < -0.3 is 20.3 Å². The van der Waals surface area contributed by atoms with Crippen LogP contribution in [0.15, 0.2) is 48.5 Å². The number of amides is 1. The van der Waals surface area contributed by atoms with Crippen LogP contribution in [0.2, 0.25) is 0 Å². The monoisotopic (exact) mass is 341 g/mol. The SMILES string of the molecule is O=C(NC1CCC(c2ccc(O)cc2O)CC1)OCc1ccccc1. The number of hydrogen-bond donors (Lipinski definition) is 3. The first-order valence-electron chi connectivity index (χ1n) is 8.61. The number of hydrogen-bond acceptors (Lipinski definition) is 4. The molecule has 3 rings (SSSR count). The topological polar surface area (TPSA) is 78.8 Å². The molecule has 2 aromatic rings. The van der Waals surface area contributed by atoms with Crippen LogP contribution in [0, 0.1) is 0 Å². The molecule has 0 saturated heterocycles. The number of phenols is 2. The fourth-order valence-electron chi connectivity index (χ4n) is 3.36. The molecule has 25 heavy (non-hydrogen) atoms. The molecule has 1 aliphatic carbocycles. The van der Waals surface area contributed by atoms with Crippen LogP contribution in [0.4, 0.5) is 4.79 Å². The van der Waals surface area contributed by atoms with Crippen LogP contribution >= 0.6 is 0 Å². The van der Waals surface area contributed by atoms with Crippen LogP contribution in [0.1, 0.15) is 42.7 Å². The number of aromatic hydroxyl groups is 2. The van der Waals surface area contributed by atoms with Gasteiger partial charge in [-0.2, -0.15) is 0 Å². The summed E-state index contributed by atoms with van der Waals surface area (Å²) in [6.45, 7) is 0.267. The molecule has 1 amide bonds. The van der Waals surface area contributed by atoms with Gasteiger partial charge in [-0.15, -0.1) is 0 Å². The van der Waals surface area contributed by atoms with Crippen LogP contribution in [0.5, 0.6) is 11.5 Å². The van der Waals surface area contributed by atoms with Crippen LogP contribution < -0.4 is 5.32 Å². The van der Waals surface area contributed by atoms with Crippen molar-refractivity contribution in [3.63, 3.8) is 0 Å². The zero-order valence-electron chi connectivity index (χ0n) is 14.0. The lowest BCUT2D eigenvalue weighted by molar-refractivity contribution is 0.132. The Hall–Kier alpha value is -2.69. The predicted molar refractivity (Wildman–Crippen MR) is 94.5 cm³/mol. The number of phenolic OH excluding ortho intramolecular Hbond substituents is 2. The van der Waals surface area contributed by atoms with Gasteiger partial charge in [-0.25, -0.2) is 4.79 Å². The smallest absolute Gasteiger partial charge is 0.407 e. The Bertz CT molecular complexity index is 709. The first-order valence-corrected chi connectivity index (χ1v) is 8.61. The lowest BCUT2D eigenvalue weighted by Crippen LogP contribution is -2.37. The van der Waals surface area contributed by atoms with Crippen molar-refractivity contribution in [2.45, 2.75) is 44.2 Å². The average Bonchev–Trinajstić information content (AvgIpc) is 2.62. The zero-order valence-corrected chi connectivity index (χ0v) is 14.0. The highest BCUT2D eigenvalue weighted by molar-refractivity contribution is 5.67. The quantitative estimate of drug-likeness (QED) is 0.784. The Morgan fingerprint density at radius 2 is 1.76 bits per heavy atom. The van der Waals surface area contributed by atoms with Crippen LogP contribution in [-0.2, 0) is 11.3 Å². The van der Waals surface area contributed by atoms with Gasteiger partial charge in [0, 0.05) is 12.1 Å². The highest BCUT2D eigenvalue weighted by Gasteiger charge is 2.25. The third kappa shape index (κ3) is 4.66. The number of nitrogens with one attached hydrogen (secondary N) is 1. The maximum absolute atomic E-state index is 11.9. The molecule has 0 bridgehead atoms. The summed E-state index contributed by atoms with van der Waals surface area (Å²) in [6, 6.07) is 14.4. The largest absolute Gasteiger partial charge is 0.508 e. The summed E-state index contributed by atoms with van der Waals surface area (Å²) in [7, 11) is 0. The fourth-order valence-corrected chi connectivity index (χ4v) is 3.36. The number of rotatable bonds is 4. The highest BCUT2D eigenvalue weighted by atomic mass is 16.5. The van der Waals surface area contributed by atoms with Gasteiger partial charge in [0.1, 0.15) is 18.1 Å². The van der Waals surface area contributed by atoms with Crippen LogP contribution in [0.3, 0.4) is 0 Å². The van der Waals surface area contributed by atoms with Crippen molar-refractivity contribution in [1.29, 1.82) is 0 Å². The lowest BCUT2D eigenvalue weighted by atomic mass is 9.81. The van der Waals surface area contributed by atoms with Crippen molar-refractivity contribution < 1.29 is 19.7 Å². The van der Waals surface area contributed by atoms with E-state index in [1.165, 1.54) is 6.07 Å². The number of alkyl carbamates (subject to hydrolysis) is 1. The molecule has 1 aliphatic rings. The molecule has 0 aromatic heterocycles. The molecule has 5 nitrogen and oxygen atoms in total. The molecule has 0 spiro atoms. The molecule has 0 heterocycles. The second kappa shape index (κ2) is 7.92. The summed E-state index contributed by atoms with van der Waals surface area (Å²) in [6.07, 6.45) is 3.04. The molecule has 1 fully saturated rings. The summed E-state index contributed by atoms with van der Waals surface area (Å²) < 4.78 is 5.26. The standard InChI is InChI=1S/C20H23NO4/c22-17-10-11-18(19(23)12-17)15-6-8-16(9-7-15)21-20(24)25-13-14-4-2-1-3-5-14/h1-5,10-12,15-16,22-23H,6-9,13H2,(H,21,24).